The van der Waals surface area contributed by atoms with Gasteiger partial charge in [0.25, 0.3) is 5.91 Å². The molecule has 0 spiro atoms. The molecule has 0 saturated carbocycles. The Morgan fingerprint density at radius 3 is 2.20 bits per heavy atom. The van der Waals surface area contributed by atoms with E-state index in [0.29, 0.717) is 22.3 Å². The van der Waals surface area contributed by atoms with Gasteiger partial charge in [-0.15, -0.1) is 0 Å². The van der Waals surface area contributed by atoms with Crippen LogP contribution in [-0.2, 0) is 11.2 Å². The van der Waals surface area contributed by atoms with Gasteiger partial charge in [-0.25, -0.2) is 4.98 Å². The topological polar surface area (TPSA) is 94.3 Å². The van der Waals surface area contributed by atoms with E-state index in [-0.39, 0.29) is 12.3 Å². The number of hydrogen-bond acceptors (Lipinski definition) is 4. The van der Waals surface area contributed by atoms with E-state index < -0.39 is 11.9 Å². The first-order chi connectivity index (χ1) is 14.6. The smallest absolute Gasteiger partial charge is 0.253 e. The third-order valence-electron chi connectivity index (χ3n) is 5.04. The third-order valence-corrected chi connectivity index (χ3v) is 5.04. The predicted octanol–water partition coefficient (Wildman–Crippen LogP) is 3.22. The summed E-state index contributed by atoms with van der Waals surface area (Å²) in [5.41, 5.74) is 8.35. The molecule has 0 aliphatic heterocycles. The van der Waals surface area contributed by atoms with Gasteiger partial charge in [0.1, 0.15) is 11.8 Å². The molecular weight excluding hydrogens is 378 g/mol. The first kappa shape index (κ1) is 19.4. The van der Waals surface area contributed by atoms with Crippen LogP contribution in [0.15, 0.2) is 72.8 Å². The van der Waals surface area contributed by atoms with Crippen molar-refractivity contribution in [3.63, 3.8) is 0 Å². The fourth-order valence-electron chi connectivity index (χ4n) is 3.57. The molecule has 6 heteroatoms. The van der Waals surface area contributed by atoms with Crippen LogP contribution in [0.2, 0.25) is 0 Å². The second-order valence-electron chi connectivity index (χ2n) is 7.01. The number of ether oxygens (including phenoxy) is 1. The van der Waals surface area contributed by atoms with Gasteiger partial charge < -0.3 is 15.8 Å². The number of nitrogens with two attached hydrogens (primary N) is 1. The molecule has 0 radical (unpaired) electrons. The van der Waals surface area contributed by atoms with Crippen LogP contribution in [0.1, 0.15) is 15.9 Å². The molecule has 3 aromatic carbocycles. The Balaban J connectivity index is 1.72. The van der Waals surface area contributed by atoms with Gasteiger partial charge in [-0.1, -0.05) is 48.5 Å². The molecule has 4 aromatic rings. The quantitative estimate of drug-likeness (QED) is 0.487. The monoisotopic (exact) mass is 399 g/mol. The maximum absolute atomic E-state index is 13.3. The minimum absolute atomic E-state index is 0.263. The number of pyridine rings is 1. The van der Waals surface area contributed by atoms with E-state index in [1.807, 2.05) is 72.8 Å². The van der Waals surface area contributed by atoms with E-state index in [0.717, 1.165) is 16.3 Å². The summed E-state index contributed by atoms with van der Waals surface area (Å²) in [5.74, 6) is -0.293. The summed E-state index contributed by atoms with van der Waals surface area (Å²) in [7, 11) is 1.58. The summed E-state index contributed by atoms with van der Waals surface area (Å²) in [6.45, 7) is 0. The van der Waals surface area contributed by atoms with Crippen LogP contribution < -0.4 is 15.8 Å². The lowest BCUT2D eigenvalue weighted by atomic mass is 10.0. The highest BCUT2D eigenvalue weighted by atomic mass is 16.5. The minimum atomic E-state index is -0.865. The predicted molar refractivity (Wildman–Crippen MR) is 116 cm³/mol. The van der Waals surface area contributed by atoms with Crippen molar-refractivity contribution >= 4 is 33.6 Å². The fourth-order valence-corrected chi connectivity index (χ4v) is 3.57. The number of carbonyl (C=O) groups excluding carboxylic acids is 2. The van der Waals surface area contributed by atoms with E-state index in [9.17, 15) is 9.59 Å². The van der Waals surface area contributed by atoms with Gasteiger partial charge in [-0.05, 0) is 29.8 Å². The van der Waals surface area contributed by atoms with Crippen molar-refractivity contribution < 1.29 is 14.3 Å². The molecule has 2 amide bonds. The molecule has 1 aromatic heterocycles. The number of nitrogens with zero attached hydrogens (tertiary/aromatic N) is 1. The van der Waals surface area contributed by atoms with E-state index in [4.69, 9.17) is 10.5 Å². The van der Waals surface area contributed by atoms with Crippen molar-refractivity contribution in [3.05, 3.63) is 83.9 Å². The van der Waals surface area contributed by atoms with Crippen molar-refractivity contribution in [2.75, 3.05) is 7.11 Å². The average Bonchev–Trinajstić information content (AvgIpc) is 2.76. The number of hydrogen-bond donors (Lipinski definition) is 2. The number of benzene rings is 3. The molecule has 0 fully saturated rings. The number of methoxy groups -OCH3 is 1. The van der Waals surface area contributed by atoms with Crippen LogP contribution in [0.4, 0.5) is 0 Å². The number of para-hydroxylation sites is 2. The van der Waals surface area contributed by atoms with Gasteiger partial charge in [0, 0.05) is 17.2 Å². The van der Waals surface area contributed by atoms with Crippen LogP contribution in [0.25, 0.3) is 21.8 Å². The molecule has 1 heterocycles. The maximum Gasteiger partial charge on any atom is 0.253 e. The normalized spacial score (nSPS) is 11.9. The number of carbonyl (C=O) groups is 2. The van der Waals surface area contributed by atoms with Gasteiger partial charge in [0.15, 0.2) is 0 Å². The molecular formula is C24H21N3O3. The highest BCUT2D eigenvalue weighted by Gasteiger charge is 2.23. The van der Waals surface area contributed by atoms with Crippen molar-refractivity contribution in [3.8, 4) is 5.75 Å². The van der Waals surface area contributed by atoms with Crippen LogP contribution in [-0.4, -0.2) is 29.9 Å². The second kappa shape index (κ2) is 8.21. The van der Waals surface area contributed by atoms with E-state index in [1.54, 1.807) is 7.11 Å². The summed E-state index contributed by atoms with van der Waals surface area (Å²) < 4.78 is 5.23. The largest absolute Gasteiger partial charge is 0.497 e. The Kier molecular flexibility index (Phi) is 5.30. The lowest BCUT2D eigenvalue weighted by Crippen LogP contribution is -2.46. The van der Waals surface area contributed by atoms with E-state index >= 15 is 0 Å². The zero-order chi connectivity index (χ0) is 21.1. The zero-order valence-corrected chi connectivity index (χ0v) is 16.5. The summed E-state index contributed by atoms with van der Waals surface area (Å²) >= 11 is 0. The van der Waals surface area contributed by atoms with Crippen LogP contribution in [0, 0.1) is 0 Å². The molecule has 0 unspecified atom stereocenters. The van der Waals surface area contributed by atoms with Crippen molar-refractivity contribution in [1.82, 2.24) is 10.3 Å². The van der Waals surface area contributed by atoms with Crippen molar-refractivity contribution in [2.45, 2.75) is 12.5 Å². The van der Waals surface area contributed by atoms with Gasteiger partial charge >= 0.3 is 0 Å². The molecule has 4 rings (SSSR count). The number of aromatic nitrogens is 1. The van der Waals surface area contributed by atoms with Crippen LogP contribution in [0.3, 0.4) is 0 Å². The summed E-state index contributed by atoms with van der Waals surface area (Å²) in [6, 6.07) is 21.4. The zero-order valence-electron chi connectivity index (χ0n) is 16.5. The number of amides is 2. The SMILES string of the molecule is COc1cccc(C[C@H](NC(=O)c2c3ccccc3nc3ccccc23)C(N)=O)c1. The molecule has 0 aliphatic carbocycles. The lowest BCUT2D eigenvalue weighted by Gasteiger charge is -2.18. The highest BCUT2D eigenvalue weighted by Crippen LogP contribution is 2.26. The first-order valence-corrected chi connectivity index (χ1v) is 9.57. The first-order valence-electron chi connectivity index (χ1n) is 9.57. The summed E-state index contributed by atoms with van der Waals surface area (Å²) in [4.78, 5) is 30.1. The minimum Gasteiger partial charge on any atom is -0.497 e. The second-order valence-corrected chi connectivity index (χ2v) is 7.01. The van der Waals surface area contributed by atoms with E-state index in [1.165, 1.54) is 0 Å². The van der Waals surface area contributed by atoms with Gasteiger partial charge in [-0.2, -0.15) is 0 Å². The Morgan fingerprint density at radius 2 is 1.60 bits per heavy atom. The molecule has 0 bridgehead atoms. The number of rotatable bonds is 6. The van der Waals surface area contributed by atoms with Crippen LogP contribution in [0.5, 0.6) is 5.75 Å². The van der Waals surface area contributed by atoms with Crippen molar-refractivity contribution in [1.29, 1.82) is 0 Å². The maximum atomic E-state index is 13.3. The Hall–Kier alpha value is -3.93. The fraction of sp³-hybridized carbons (Fsp3) is 0.125. The highest BCUT2D eigenvalue weighted by molar-refractivity contribution is 6.16. The molecule has 1 atom stereocenters. The summed E-state index contributed by atoms with van der Waals surface area (Å²) in [5, 5.41) is 4.26. The van der Waals surface area contributed by atoms with Crippen LogP contribution >= 0.6 is 0 Å². The number of fused-ring (bicyclic) bond motifs is 2. The molecule has 150 valence electrons. The standard InChI is InChI=1S/C24H21N3O3/c1-30-16-8-6-7-15(13-16)14-21(23(25)28)27-24(29)22-17-9-2-4-11-19(17)26-20-12-5-3-10-18(20)22/h2-13,21H,14H2,1H3,(H2,25,28)(H,27,29)/t21-/m0/s1. The molecule has 3 N–H and O–H groups in total. The Bertz CT molecular complexity index is 1200. The molecule has 0 aliphatic rings. The molecule has 6 nitrogen and oxygen atoms in total. The Morgan fingerprint density at radius 1 is 0.967 bits per heavy atom. The van der Waals surface area contributed by atoms with Gasteiger partial charge in [0.05, 0.1) is 23.7 Å². The van der Waals surface area contributed by atoms with Gasteiger partial charge in [0.2, 0.25) is 5.91 Å². The number of nitrogens with one attached hydrogen (secondary N) is 1. The molecule has 0 saturated heterocycles. The number of primary amides is 1. The lowest BCUT2D eigenvalue weighted by molar-refractivity contribution is -0.119. The van der Waals surface area contributed by atoms with Crippen molar-refractivity contribution in [2.24, 2.45) is 5.73 Å². The average molecular weight is 399 g/mol. The third kappa shape index (κ3) is 3.80. The summed E-state index contributed by atoms with van der Waals surface area (Å²) in [6.07, 6.45) is 0.263. The van der Waals surface area contributed by atoms with E-state index in [2.05, 4.69) is 10.3 Å². The van der Waals surface area contributed by atoms with Gasteiger partial charge in [-0.3, -0.25) is 9.59 Å². The molecule has 30 heavy (non-hydrogen) atoms. The Labute approximate surface area is 173 Å².